The summed E-state index contributed by atoms with van der Waals surface area (Å²) < 4.78 is 11.2. The summed E-state index contributed by atoms with van der Waals surface area (Å²) in [7, 11) is 1.65. The van der Waals surface area contributed by atoms with Crippen molar-refractivity contribution in [1.82, 2.24) is 5.32 Å². The molecule has 0 aromatic heterocycles. The molecule has 0 radical (unpaired) electrons. The van der Waals surface area contributed by atoms with Gasteiger partial charge in [0.05, 0.1) is 19.8 Å². The molecular formula is C15H23BrN2O3. The van der Waals surface area contributed by atoms with Crippen molar-refractivity contribution in [2.75, 3.05) is 38.8 Å². The molecular weight excluding hydrogens is 336 g/mol. The van der Waals surface area contributed by atoms with E-state index in [9.17, 15) is 4.79 Å². The van der Waals surface area contributed by atoms with Gasteiger partial charge in [-0.2, -0.15) is 0 Å². The van der Waals surface area contributed by atoms with E-state index in [4.69, 9.17) is 9.47 Å². The van der Waals surface area contributed by atoms with Crippen LogP contribution in [0.5, 0.6) is 0 Å². The SMILES string of the molecule is COCCOCCNC(C)CC(=O)Nc1ccc(Br)cc1. The molecule has 0 heterocycles. The summed E-state index contributed by atoms with van der Waals surface area (Å²) >= 11 is 3.36. The van der Waals surface area contributed by atoms with Gasteiger partial charge in [-0.05, 0) is 31.2 Å². The summed E-state index contributed by atoms with van der Waals surface area (Å²) in [4.78, 5) is 11.9. The van der Waals surface area contributed by atoms with Gasteiger partial charge in [0.2, 0.25) is 5.91 Å². The number of anilines is 1. The fourth-order valence-electron chi connectivity index (χ4n) is 1.72. The van der Waals surface area contributed by atoms with Crippen LogP contribution in [0.15, 0.2) is 28.7 Å². The zero-order valence-electron chi connectivity index (χ0n) is 12.5. The predicted octanol–water partition coefficient (Wildman–Crippen LogP) is 2.42. The fraction of sp³-hybridized carbons (Fsp3) is 0.533. The molecule has 0 saturated heterocycles. The van der Waals surface area contributed by atoms with Crippen molar-refractivity contribution >= 4 is 27.5 Å². The third-order valence-corrected chi connectivity index (χ3v) is 3.32. The van der Waals surface area contributed by atoms with E-state index < -0.39 is 0 Å². The van der Waals surface area contributed by atoms with Gasteiger partial charge >= 0.3 is 0 Å². The van der Waals surface area contributed by atoms with Crippen LogP contribution >= 0.6 is 15.9 Å². The highest BCUT2D eigenvalue weighted by atomic mass is 79.9. The molecule has 5 nitrogen and oxygen atoms in total. The zero-order valence-corrected chi connectivity index (χ0v) is 14.1. The lowest BCUT2D eigenvalue weighted by atomic mass is 10.2. The maximum absolute atomic E-state index is 11.9. The third kappa shape index (κ3) is 8.83. The lowest BCUT2D eigenvalue weighted by Crippen LogP contribution is -2.33. The third-order valence-electron chi connectivity index (χ3n) is 2.79. The van der Waals surface area contributed by atoms with Crippen LogP contribution in [0.4, 0.5) is 5.69 Å². The largest absolute Gasteiger partial charge is 0.382 e. The van der Waals surface area contributed by atoms with Gasteiger partial charge in [-0.25, -0.2) is 0 Å². The van der Waals surface area contributed by atoms with Gasteiger partial charge in [0, 0.05) is 36.3 Å². The van der Waals surface area contributed by atoms with Crippen LogP contribution in [0.2, 0.25) is 0 Å². The Kier molecular flexibility index (Phi) is 9.25. The lowest BCUT2D eigenvalue weighted by Gasteiger charge is -2.14. The number of nitrogens with one attached hydrogen (secondary N) is 2. The van der Waals surface area contributed by atoms with E-state index in [0.29, 0.717) is 26.2 Å². The average Bonchev–Trinajstić information content (AvgIpc) is 2.45. The van der Waals surface area contributed by atoms with Gasteiger partial charge in [-0.15, -0.1) is 0 Å². The summed E-state index contributed by atoms with van der Waals surface area (Å²) in [6.45, 7) is 4.51. The van der Waals surface area contributed by atoms with Gasteiger partial charge < -0.3 is 20.1 Å². The minimum atomic E-state index is -0.00220. The normalized spacial score (nSPS) is 12.1. The number of hydrogen-bond acceptors (Lipinski definition) is 4. The van der Waals surface area contributed by atoms with Crippen LogP contribution in [-0.2, 0) is 14.3 Å². The monoisotopic (exact) mass is 358 g/mol. The van der Waals surface area contributed by atoms with E-state index >= 15 is 0 Å². The first-order chi connectivity index (χ1) is 10.1. The van der Waals surface area contributed by atoms with Gasteiger partial charge in [0.15, 0.2) is 0 Å². The Bertz CT molecular complexity index is 412. The minimum absolute atomic E-state index is 0.00220. The standard InChI is InChI=1S/C15H23BrN2O3/c1-12(17-7-8-21-10-9-20-2)11-15(19)18-14-5-3-13(16)4-6-14/h3-6,12,17H,7-11H2,1-2H3,(H,18,19). The Balaban J connectivity index is 2.14. The number of rotatable bonds is 10. The topological polar surface area (TPSA) is 59.6 Å². The maximum atomic E-state index is 11.9. The van der Waals surface area contributed by atoms with Crippen LogP contribution in [0, 0.1) is 0 Å². The molecule has 0 aliphatic carbocycles. The van der Waals surface area contributed by atoms with Crippen molar-refractivity contribution in [3.63, 3.8) is 0 Å². The first-order valence-electron chi connectivity index (χ1n) is 6.97. The van der Waals surface area contributed by atoms with Crippen molar-refractivity contribution in [2.24, 2.45) is 0 Å². The molecule has 6 heteroatoms. The zero-order chi connectivity index (χ0) is 15.5. The number of carbonyl (C=O) groups excluding carboxylic acids is 1. The molecule has 0 saturated carbocycles. The highest BCUT2D eigenvalue weighted by molar-refractivity contribution is 9.10. The van der Waals surface area contributed by atoms with Gasteiger partial charge in [-0.3, -0.25) is 4.79 Å². The summed E-state index contributed by atoms with van der Waals surface area (Å²) in [5.41, 5.74) is 0.804. The number of halogens is 1. The number of carbonyl (C=O) groups is 1. The Morgan fingerprint density at radius 2 is 1.95 bits per heavy atom. The molecule has 21 heavy (non-hydrogen) atoms. The van der Waals surface area contributed by atoms with Crippen molar-refractivity contribution in [1.29, 1.82) is 0 Å². The Hall–Kier alpha value is -0.950. The van der Waals surface area contributed by atoms with Crippen molar-refractivity contribution in [3.05, 3.63) is 28.7 Å². The molecule has 1 aromatic rings. The number of amides is 1. The van der Waals surface area contributed by atoms with E-state index in [2.05, 4.69) is 26.6 Å². The first kappa shape index (κ1) is 18.1. The van der Waals surface area contributed by atoms with E-state index in [1.54, 1.807) is 7.11 Å². The maximum Gasteiger partial charge on any atom is 0.225 e. The molecule has 1 aromatic carbocycles. The Labute approximate surface area is 134 Å². The quantitative estimate of drug-likeness (QED) is 0.630. The molecule has 118 valence electrons. The Morgan fingerprint density at radius 1 is 1.24 bits per heavy atom. The molecule has 1 rings (SSSR count). The van der Waals surface area contributed by atoms with Crippen LogP contribution in [-0.4, -0.2) is 45.4 Å². The molecule has 2 N–H and O–H groups in total. The summed E-state index contributed by atoms with van der Waals surface area (Å²) in [5.74, 6) is -0.00220. The Morgan fingerprint density at radius 3 is 2.62 bits per heavy atom. The van der Waals surface area contributed by atoms with Gasteiger partial charge in [0.25, 0.3) is 0 Å². The lowest BCUT2D eigenvalue weighted by molar-refractivity contribution is -0.116. The van der Waals surface area contributed by atoms with E-state index in [1.807, 2.05) is 31.2 Å². The van der Waals surface area contributed by atoms with Crippen LogP contribution in [0.25, 0.3) is 0 Å². The number of ether oxygens (including phenoxy) is 2. The second-order valence-corrected chi connectivity index (χ2v) is 5.64. The summed E-state index contributed by atoms with van der Waals surface area (Å²) in [6.07, 6.45) is 0.425. The molecule has 0 spiro atoms. The van der Waals surface area contributed by atoms with Crippen LogP contribution < -0.4 is 10.6 Å². The fourth-order valence-corrected chi connectivity index (χ4v) is 1.98. The second kappa shape index (κ2) is 10.7. The van der Waals surface area contributed by atoms with Gasteiger partial charge in [0.1, 0.15) is 0 Å². The molecule has 0 aliphatic heterocycles. The molecule has 1 unspecified atom stereocenters. The van der Waals surface area contributed by atoms with Crippen molar-refractivity contribution < 1.29 is 14.3 Å². The smallest absolute Gasteiger partial charge is 0.225 e. The molecule has 0 bridgehead atoms. The van der Waals surface area contributed by atoms with Crippen LogP contribution in [0.1, 0.15) is 13.3 Å². The minimum Gasteiger partial charge on any atom is -0.382 e. The first-order valence-corrected chi connectivity index (χ1v) is 7.76. The van der Waals surface area contributed by atoms with E-state index in [1.165, 1.54) is 0 Å². The summed E-state index contributed by atoms with van der Waals surface area (Å²) in [6, 6.07) is 7.63. The van der Waals surface area contributed by atoms with Crippen molar-refractivity contribution in [3.8, 4) is 0 Å². The number of hydrogen-bond donors (Lipinski definition) is 2. The molecule has 1 amide bonds. The van der Waals surface area contributed by atoms with Gasteiger partial charge in [-0.1, -0.05) is 15.9 Å². The highest BCUT2D eigenvalue weighted by Gasteiger charge is 2.08. The van der Waals surface area contributed by atoms with Crippen molar-refractivity contribution in [2.45, 2.75) is 19.4 Å². The summed E-state index contributed by atoms with van der Waals surface area (Å²) in [5, 5.41) is 6.12. The number of methoxy groups -OCH3 is 1. The molecule has 1 atom stereocenters. The average molecular weight is 359 g/mol. The number of benzene rings is 1. The molecule has 0 fully saturated rings. The second-order valence-electron chi connectivity index (χ2n) is 4.72. The molecule has 0 aliphatic rings. The van der Waals surface area contributed by atoms with Crippen LogP contribution in [0.3, 0.4) is 0 Å². The highest BCUT2D eigenvalue weighted by Crippen LogP contribution is 2.14. The van der Waals surface area contributed by atoms with E-state index in [-0.39, 0.29) is 11.9 Å². The van der Waals surface area contributed by atoms with E-state index in [0.717, 1.165) is 16.7 Å². The predicted molar refractivity (Wildman–Crippen MR) is 87.5 cm³/mol.